The van der Waals surface area contributed by atoms with Gasteiger partial charge in [0.25, 0.3) is 0 Å². The van der Waals surface area contributed by atoms with E-state index in [9.17, 15) is 0 Å². The molecular formula is C72H72Cl12N18O9P10S10. The first kappa shape index (κ1) is 111. The van der Waals surface area contributed by atoms with Crippen molar-refractivity contribution in [3.05, 3.63) is 268 Å². The van der Waals surface area contributed by atoms with Crippen molar-refractivity contribution in [3.63, 3.8) is 0 Å². The van der Waals surface area contributed by atoms with E-state index in [0.29, 0.717) is 84.6 Å². The average molecular weight is 2390 g/mol. The molecule has 0 saturated carbocycles. The molecule has 0 amide bonds. The van der Waals surface area contributed by atoms with Crippen molar-refractivity contribution < 1.29 is 40.7 Å². The van der Waals surface area contributed by atoms with Crippen LogP contribution < -0.4 is 40.7 Å². The summed E-state index contributed by atoms with van der Waals surface area (Å²) in [5.74, 6) is 2.88. The molecule has 0 aliphatic heterocycles. The Bertz CT molecular complexity index is 5420. The zero-order valence-electron chi connectivity index (χ0n) is 68.8. The highest BCUT2D eigenvalue weighted by atomic mass is 35.9. The van der Waals surface area contributed by atoms with E-state index in [1.54, 1.807) is 338 Å². The van der Waals surface area contributed by atoms with Crippen molar-refractivity contribution in [2.24, 2.45) is 45.9 Å². The molecule has 0 radical (unpaired) electrons. The van der Waals surface area contributed by atoms with Gasteiger partial charge in [0, 0.05) is 111 Å². The quantitative estimate of drug-likeness (QED) is 0.0196. The summed E-state index contributed by atoms with van der Waals surface area (Å²) in [4.78, 5) is -17.2. The highest BCUT2D eigenvalue weighted by Gasteiger charge is 2.34. The standard InChI is InChI=1S/C72H72Cl12N18O9P10S10/c1-94(112(73,74)122)85-46-55-10-28-64(29-11-55)103-118(128,104-65-30-12-56(13-31-65)47-86-95(2)113(75,76)123)100(7)91-52-61-22-40-70(41-23-61)109-121(131,110-71-42-24-62(25-43-71)53-92-101(8)119(129,105-66-32-14-57(15-33-66)48-87-96(3)114(77,78)124)106-67-34-16-58(17-35-67)49-88-97(4)115(79,80)125)111-72-44-26-63(27-45-72)54-93-102(9)120(130,107-68-36-18-59(19-37-68)50-89-98(5)116(81,82)126)108-69-38-20-60(21-39-69)51-90-99(6)117(83,84)127/h10-54H,1-9H3/b85-46+,86-47+,87-48+,88-49+,89-50+,90-51+,91-52+,92-53+,93-54+. The van der Waals surface area contributed by atoms with Gasteiger partial charge >= 0.3 is 26.6 Å². The summed E-state index contributed by atoms with van der Waals surface area (Å²) in [5, 5.41) is 40.0. The molecule has 0 heterocycles. The van der Waals surface area contributed by atoms with Gasteiger partial charge in [0.2, 0.25) is 29.4 Å². The fourth-order valence-electron chi connectivity index (χ4n) is 9.09. The summed E-state index contributed by atoms with van der Waals surface area (Å²) in [6, 6.07) is 61.8. The molecule has 698 valence electrons. The summed E-state index contributed by atoms with van der Waals surface area (Å²) in [6.45, 7) is -14.8. The second kappa shape index (κ2) is 49.5. The number of nitrogens with zero attached hydrogens (tertiary/aromatic N) is 18. The Balaban J connectivity index is 1.00. The van der Waals surface area contributed by atoms with Gasteiger partial charge in [-0.25, -0.2) is 43.0 Å². The van der Waals surface area contributed by atoms with Crippen molar-refractivity contribution in [2.45, 2.75) is 0 Å². The first-order valence-electron chi connectivity index (χ1n) is 36.3. The molecule has 59 heteroatoms. The highest BCUT2D eigenvalue weighted by Crippen LogP contribution is 2.64. The van der Waals surface area contributed by atoms with Gasteiger partial charge in [-0.15, -0.1) is 0 Å². The minimum atomic E-state index is -3.96. The molecule has 131 heavy (non-hydrogen) atoms. The second-order valence-electron chi connectivity index (χ2n) is 26.0. The smallest absolute Gasteiger partial charge is 0.420 e. The maximum Gasteiger partial charge on any atom is 0.490 e. The second-order valence-corrected chi connectivity index (χ2v) is 84.7. The lowest BCUT2D eigenvalue weighted by molar-refractivity contribution is 0.383. The van der Waals surface area contributed by atoms with Crippen molar-refractivity contribution in [2.75, 3.05) is 63.4 Å². The first-order chi connectivity index (χ1) is 61.2. The Hall–Kier alpha value is -3.61. The number of hydrogen-bond donors (Lipinski definition) is 0. The van der Waals surface area contributed by atoms with Crippen LogP contribution in [0.25, 0.3) is 0 Å². The molecular weight excluding hydrogens is 2320 g/mol. The zero-order valence-corrected chi connectivity index (χ0v) is 95.0. The Kier molecular flexibility index (Phi) is 41.9. The number of hydrazone groups is 9. The normalized spacial score (nSPS) is 13.0. The van der Waals surface area contributed by atoms with E-state index in [1.807, 2.05) is 0 Å². The fourth-order valence-corrected chi connectivity index (χ4v) is 19.9. The summed E-state index contributed by atoms with van der Waals surface area (Å²) in [5.41, 5.74) is 5.84. The first-order valence-corrected chi connectivity index (χ1v) is 74.0. The molecule has 9 rings (SSSR count). The summed E-state index contributed by atoms with van der Waals surface area (Å²) in [6.07, 6.45) is 14.0. The van der Waals surface area contributed by atoms with Crippen LogP contribution in [0.5, 0.6) is 51.7 Å². The van der Waals surface area contributed by atoms with Crippen molar-refractivity contribution in [1.82, 2.24) is 43.0 Å². The van der Waals surface area contributed by atoms with Crippen LogP contribution in [0.15, 0.2) is 264 Å². The van der Waals surface area contributed by atoms with E-state index in [-0.39, 0.29) is 17.2 Å². The molecule has 0 N–H and O–H groups in total. The Morgan fingerprint density at radius 1 is 0.176 bits per heavy atom. The van der Waals surface area contributed by atoms with Crippen LogP contribution in [0.1, 0.15) is 50.1 Å². The molecule has 9 aromatic carbocycles. The predicted molar refractivity (Wildman–Crippen MR) is 595 cm³/mol. The molecule has 9 aromatic rings. The SMILES string of the molecule is CN(/N=C/c1ccc(OP(=S)(Oc2ccc(/C=N/N(C)P(=S)(Cl)Cl)cc2)N(C)/N=C/c2ccc(OP(=S)(Oc3ccc(/C=N/N(C)P(=S)(Oc4ccc(/C=N/N(C)P(=S)(Cl)Cl)cc4)Oc4ccc(/C=N/N(C)P(=S)(Cl)Cl)cc4)cc3)Oc3ccc(/C=N/N(C)P(=S)(Oc4ccc(/C=N/N(C)P(=S)(Cl)Cl)cc4)Oc4ccc(/C=N/N(C)P(=S)(Cl)Cl)cc4)cc3)cc2)cc1)P(=S)(Cl)Cl. The van der Waals surface area contributed by atoms with Crippen molar-refractivity contribution >= 4 is 365 Å². The summed E-state index contributed by atoms with van der Waals surface area (Å²) in [7, 11) is 14.4. The van der Waals surface area contributed by atoms with Crippen molar-refractivity contribution in [3.8, 4) is 51.7 Å². The van der Waals surface area contributed by atoms with Crippen LogP contribution in [-0.4, -0.2) is 162 Å². The van der Waals surface area contributed by atoms with Crippen LogP contribution in [0.4, 0.5) is 0 Å². The van der Waals surface area contributed by atoms with E-state index in [0.717, 1.165) is 0 Å². The van der Waals surface area contributed by atoms with Crippen LogP contribution >= 0.6 is 191 Å². The number of benzene rings is 9. The monoisotopic (exact) mass is 2380 g/mol. The molecule has 0 fully saturated rings. The van der Waals surface area contributed by atoms with E-state index in [1.165, 1.54) is 43.0 Å². The molecule has 0 bridgehead atoms. The van der Waals surface area contributed by atoms with Crippen LogP contribution in [0.2, 0.25) is 0 Å². The van der Waals surface area contributed by atoms with Gasteiger partial charge in [0.1, 0.15) is 51.7 Å². The molecule has 0 unspecified atom stereocenters. The van der Waals surface area contributed by atoms with Crippen molar-refractivity contribution in [1.29, 1.82) is 0 Å². The third-order valence-corrected chi connectivity index (χ3v) is 43.7. The van der Waals surface area contributed by atoms with E-state index < -0.39 is 56.0 Å². The van der Waals surface area contributed by atoms with Gasteiger partial charge in [0.15, 0.2) is 0 Å². The fraction of sp³-hybridized carbons (Fsp3) is 0.125. The number of hydrogen-bond acceptors (Lipinski definition) is 28. The lowest BCUT2D eigenvalue weighted by Crippen LogP contribution is -2.17. The van der Waals surface area contributed by atoms with E-state index >= 15 is 0 Å². The minimum absolute atomic E-state index is 0.252. The molecule has 0 atom stereocenters. The van der Waals surface area contributed by atoms with Gasteiger partial charge in [-0.1, -0.05) is 0 Å². The highest BCUT2D eigenvalue weighted by molar-refractivity contribution is 8.40. The van der Waals surface area contributed by atoms with Gasteiger partial charge in [0.05, 0.1) is 55.9 Å². The Morgan fingerprint density at radius 2 is 0.275 bits per heavy atom. The van der Waals surface area contributed by atoms with E-state index in [2.05, 4.69) is 30.6 Å². The van der Waals surface area contributed by atoms with Crippen LogP contribution in [-0.2, 0) is 118 Å². The largest absolute Gasteiger partial charge is 0.490 e. The van der Waals surface area contributed by atoms with Gasteiger partial charge < -0.3 is 40.7 Å². The lowest BCUT2D eigenvalue weighted by atomic mass is 10.2. The molecule has 0 aliphatic rings. The molecule has 27 nitrogen and oxygen atoms in total. The van der Waals surface area contributed by atoms with Gasteiger partial charge in [-0.2, -0.15) is 45.9 Å². The molecule has 0 aromatic heterocycles. The van der Waals surface area contributed by atoms with E-state index in [4.69, 9.17) is 309 Å². The average Bonchev–Trinajstić information content (AvgIpc) is 0.819. The maximum atomic E-state index is 6.63. The number of rotatable bonds is 45. The molecule has 0 spiro atoms. The summed E-state index contributed by atoms with van der Waals surface area (Å²) < 4.78 is 71.4. The van der Waals surface area contributed by atoms with Crippen LogP contribution in [0, 0.1) is 0 Å². The zero-order chi connectivity index (χ0) is 96.1. The third-order valence-electron chi connectivity index (χ3n) is 16.3. The van der Waals surface area contributed by atoms with Gasteiger partial charge in [-0.05, 0) is 474 Å². The Morgan fingerprint density at radius 3 is 0.382 bits per heavy atom. The topological polar surface area (TPSA) is 223 Å². The maximum absolute atomic E-state index is 6.63. The predicted octanol–water partition coefficient (Wildman–Crippen LogP) is 28.2. The molecule has 0 aliphatic carbocycles. The molecule has 0 saturated heterocycles. The Labute approximate surface area is 868 Å². The minimum Gasteiger partial charge on any atom is -0.420 e. The third kappa shape index (κ3) is 36.8. The van der Waals surface area contributed by atoms with Crippen LogP contribution in [0.3, 0.4) is 0 Å². The lowest BCUT2D eigenvalue weighted by Gasteiger charge is -2.29. The summed E-state index contributed by atoms with van der Waals surface area (Å²) >= 11 is 130. The van der Waals surface area contributed by atoms with Gasteiger partial charge in [-0.3, -0.25) is 0 Å². The number of halogens is 12.